The van der Waals surface area contributed by atoms with E-state index in [2.05, 4.69) is 12.0 Å². The second-order valence-corrected chi connectivity index (χ2v) is 5.52. The van der Waals surface area contributed by atoms with Gasteiger partial charge in [-0.15, -0.1) is 0 Å². The lowest BCUT2D eigenvalue weighted by Gasteiger charge is -2.04. The zero-order chi connectivity index (χ0) is 13.0. The van der Waals surface area contributed by atoms with Gasteiger partial charge in [0.2, 0.25) is 0 Å². The average molecular weight is 236 g/mol. The summed E-state index contributed by atoms with van der Waals surface area (Å²) in [6.07, 6.45) is 0. The SMILES string of the molecule is CCn1nc(C)c(C2C(C(=O)O)C2(C)C)c1C. The average Bonchev–Trinajstić information content (AvgIpc) is 2.65. The van der Waals surface area contributed by atoms with Crippen LogP contribution in [-0.4, -0.2) is 20.9 Å². The van der Waals surface area contributed by atoms with Crippen LogP contribution in [0.2, 0.25) is 0 Å². The Labute approximate surface area is 102 Å². The molecule has 1 heterocycles. The highest BCUT2D eigenvalue weighted by Crippen LogP contribution is 2.65. The van der Waals surface area contributed by atoms with Crippen molar-refractivity contribution >= 4 is 5.97 Å². The van der Waals surface area contributed by atoms with Crippen molar-refractivity contribution in [1.29, 1.82) is 0 Å². The third-order valence-electron chi connectivity index (χ3n) is 4.14. The van der Waals surface area contributed by atoms with Crippen molar-refractivity contribution in [3.63, 3.8) is 0 Å². The van der Waals surface area contributed by atoms with Gasteiger partial charge < -0.3 is 5.11 Å². The van der Waals surface area contributed by atoms with Gasteiger partial charge in [-0.3, -0.25) is 9.48 Å². The number of aliphatic carboxylic acids is 1. The Kier molecular flexibility index (Phi) is 2.56. The van der Waals surface area contributed by atoms with Gasteiger partial charge in [-0.2, -0.15) is 5.10 Å². The molecule has 4 heteroatoms. The highest BCUT2D eigenvalue weighted by Gasteiger charge is 2.63. The standard InChI is InChI=1S/C13H20N2O2/c1-6-15-8(3)9(7(2)14-15)10-11(12(16)17)13(10,4)5/h10-11H,6H2,1-5H3,(H,16,17). The molecule has 4 nitrogen and oxygen atoms in total. The number of carboxylic acid groups (broad SMARTS) is 1. The minimum absolute atomic E-state index is 0.111. The maximum absolute atomic E-state index is 11.2. The Morgan fingerprint density at radius 1 is 1.47 bits per heavy atom. The summed E-state index contributed by atoms with van der Waals surface area (Å²) in [5.74, 6) is -0.849. The fourth-order valence-corrected chi connectivity index (χ4v) is 3.11. The lowest BCUT2D eigenvalue weighted by atomic mass is 10.0. The summed E-state index contributed by atoms with van der Waals surface area (Å²) >= 11 is 0. The van der Waals surface area contributed by atoms with E-state index in [9.17, 15) is 9.90 Å². The van der Waals surface area contributed by atoms with Gasteiger partial charge in [0.25, 0.3) is 0 Å². The Morgan fingerprint density at radius 3 is 2.41 bits per heavy atom. The molecular formula is C13H20N2O2. The molecule has 2 atom stereocenters. The van der Waals surface area contributed by atoms with E-state index >= 15 is 0 Å². The summed E-state index contributed by atoms with van der Waals surface area (Å²) in [6.45, 7) is 10.9. The van der Waals surface area contributed by atoms with Gasteiger partial charge >= 0.3 is 5.97 Å². The first-order valence-corrected chi connectivity index (χ1v) is 6.09. The largest absolute Gasteiger partial charge is 0.481 e. The molecule has 1 saturated carbocycles. The van der Waals surface area contributed by atoms with E-state index in [-0.39, 0.29) is 17.3 Å². The van der Waals surface area contributed by atoms with E-state index in [1.165, 1.54) is 0 Å². The second kappa shape index (κ2) is 3.59. The summed E-state index contributed by atoms with van der Waals surface area (Å²) in [5, 5.41) is 13.7. The number of carbonyl (C=O) groups is 1. The first kappa shape index (κ1) is 12.1. The zero-order valence-electron chi connectivity index (χ0n) is 11.1. The van der Waals surface area contributed by atoms with Crippen molar-refractivity contribution in [2.75, 3.05) is 0 Å². The van der Waals surface area contributed by atoms with Crippen LogP contribution in [0.1, 0.15) is 43.6 Å². The van der Waals surface area contributed by atoms with Crippen LogP contribution in [0.25, 0.3) is 0 Å². The van der Waals surface area contributed by atoms with Crippen LogP contribution >= 0.6 is 0 Å². The van der Waals surface area contributed by atoms with Crippen molar-refractivity contribution < 1.29 is 9.90 Å². The molecule has 1 aromatic heterocycles. The van der Waals surface area contributed by atoms with Gasteiger partial charge in [-0.25, -0.2) is 0 Å². The fourth-order valence-electron chi connectivity index (χ4n) is 3.11. The Bertz CT molecular complexity index is 474. The molecule has 1 aliphatic rings. The summed E-state index contributed by atoms with van der Waals surface area (Å²) < 4.78 is 1.96. The van der Waals surface area contributed by atoms with E-state index < -0.39 is 5.97 Å². The number of rotatable bonds is 3. The van der Waals surface area contributed by atoms with Crippen LogP contribution in [0.5, 0.6) is 0 Å². The van der Waals surface area contributed by atoms with Crippen LogP contribution in [0.15, 0.2) is 0 Å². The van der Waals surface area contributed by atoms with Crippen LogP contribution < -0.4 is 0 Å². The molecule has 0 saturated heterocycles. The number of hydrogen-bond acceptors (Lipinski definition) is 2. The molecule has 1 N–H and O–H groups in total. The molecule has 2 rings (SSSR count). The lowest BCUT2D eigenvalue weighted by Crippen LogP contribution is -2.03. The van der Waals surface area contributed by atoms with E-state index in [1.54, 1.807) is 0 Å². The van der Waals surface area contributed by atoms with E-state index in [0.717, 1.165) is 23.5 Å². The highest BCUT2D eigenvalue weighted by molar-refractivity contribution is 5.78. The molecule has 1 fully saturated rings. The first-order chi connectivity index (χ1) is 7.82. The summed E-state index contributed by atoms with van der Waals surface area (Å²) in [5.41, 5.74) is 3.09. The van der Waals surface area contributed by atoms with Crippen molar-refractivity contribution in [2.24, 2.45) is 11.3 Å². The number of aromatic nitrogens is 2. The monoisotopic (exact) mass is 236 g/mol. The molecule has 0 radical (unpaired) electrons. The lowest BCUT2D eigenvalue weighted by molar-refractivity contribution is -0.139. The van der Waals surface area contributed by atoms with E-state index in [1.807, 2.05) is 32.4 Å². The quantitative estimate of drug-likeness (QED) is 0.876. The third kappa shape index (κ3) is 1.58. The molecule has 17 heavy (non-hydrogen) atoms. The molecule has 1 aromatic rings. The summed E-state index contributed by atoms with van der Waals surface area (Å²) in [4.78, 5) is 11.2. The molecule has 1 aliphatic carbocycles. The van der Waals surface area contributed by atoms with Crippen LogP contribution in [0, 0.1) is 25.2 Å². The molecule has 94 valence electrons. The van der Waals surface area contributed by atoms with Gasteiger partial charge in [0.1, 0.15) is 0 Å². The minimum atomic E-state index is -0.692. The summed E-state index contributed by atoms with van der Waals surface area (Å²) in [6, 6.07) is 0. The van der Waals surface area contributed by atoms with Gasteiger partial charge in [0.15, 0.2) is 0 Å². The molecule has 0 spiro atoms. The number of aryl methyl sites for hydroxylation is 2. The van der Waals surface area contributed by atoms with Gasteiger partial charge in [-0.05, 0) is 26.2 Å². The Morgan fingerprint density at radius 2 is 2.06 bits per heavy atom. The van der Waals surface area contributed by atoms with Crippen LogP contribution in [0.4, 0.5) is 0 Å². The van der Waals surface area contributed by atoms with E-state index in [4.69, 9.17) is 0 Å². The van der Waals surface area contributed by atoms with Crippen molar-refractivity contribution in [3.8, 4) is 0 Å². The van der Waals surface area contributed by atoms with Crippen molar-refractivity contribution in [2.45, 2.75) is 47.1 Å². The predicted molar refractivity (Wildman–Crippen MR) is 65.0 cm³/mol. The highest BCUT2D eigenvalue weighted by atomic mass is 16.4. The first-order valence-electron chi connectivity index (χ1n) is 6.09. The minimum Gasteiger partial charge on any atom is -0.481 e. The normalized spacial score (nSPS) is 25.9. The molecule has 0 aromatic carbocycles. The van der Waals surface area contributed by atoms with Gasteiger partial charge in [-0.1, -0.05) is 13.8 Å². The van der Waals surface area contributed by atoms with Crippen molar-refractivity contribution in [3.05, 3.63) is 17.0 Å². The van der Waals surface area contributed by atoms with Gasteiger partial charge in [0, 0.05) is 23.7 Å². The van der Waals surface area contributed by atoms with E-state index in [0.29, 0.717) is 0 Å². The molecule has 2 unspecified atom stereocenters. The molecule has 0 aliphatic heterocycles. The van der Waals surface area contributed by atoms with Crippen LogP contribution in [-0.2, 0) is 11.3 Å². The second-order valence-electron chi connectivity index (χ2n) is 5.52. The molecule has 0 amide bonds. The molecule has 0 bridgehead atoms. The number of nitrogens with zero attached hydrogens (tertiary/aromatic N) is 2. The molecular weight excluding hydrogens is 216 g/mol. The third-order valence-corrected chi connectivity index (χ3v) is 4.14. The number of hydrogen-bond donors (Lipinski definition) is 1. The maximum Gasteiger partial charge on any atom is 0.307 e. The Hall–Kier alpha value is -1.32. The smallest absolute Gasteiger partial charge is 0.307 e. The maximum atomic E-state index is 11.2. The fraction of sp³-hybridized carbons (Fsp3) is 0.692. The van der Waals surface area contributed by atoms with Gasteiger partial charge in [0.05, 0.1) is 11.6 Å². The van der Waals surface area contributed by atoms with Crippen molar-refractivity contribution in [1.82, 2.24) is 9.78 Å². The predicted octanol–water partition coefficient (Wildman–Crippen LogP) is 2.34. The van der Waals surface area contributed by atoms with Crippen LogP contribution in [0.3, 0.4) is 0 Å². The zero-order valence-corrected chi connectivity index (χ0v) is 11.1. The summed E-state index contributed by atoms with van der Waals surface area (Å²) in [7, 11) is 0. The topological polar surface area (TPSA) is 55.1 Å². The Balaban J connectivity index is 2.43. The number of carboxylic acids is 1.